The number of hydrogen-bond donors (Lipinski definition) is 1. The van der Waals surface area contributed by atoms with Crippen LogP contribution in [0.25, 0.3) is 0 Å². The van der Waals surface area contributed by atoms with Gasteiger partial charge < -0.3 is 5.73 Å². The van der Waals surface area contributed by atoms with Crippen molar-refractivity contribution in [3.63, 3.8) is 0 Å². The molecule has 1 unspecified atom stereocenters. The van der Waals surface area contributed by atoms with Gasteiger partial charge in [0.2, 0.25) is 0 Å². The zero-order chi connectivity index (χ0) is 14.8. The van der Waals surface area contributed by atoms with E-state index in [9.17, 15) is 17.6 Å². The van der Waals surface area contributed by atoms with Crippen molar-refractivity contribution < 1.29 is 17.6 Å². The Bertz CT molecular complexity index is 578. The van der Waals surface area contributed by atoms with E-state index in [1.807, 2.05) is 30.3 Å². The molecule has 2 rings (SSSR count). The van der Waals surface area contributed by atoms with Crippen molar-refractivity contribution in [2.45, 2.75) is 18.6 Å². The van der Waals surface area contributed by atoms with Crippen LogP contribution in [0.5, 0.6) is 0 Å². The highest BCUT2D eigenvalue weighted by Crippen LogP contribution is 2.32. The highest BCUT2D eigenvalue weighted by atomic mass is 19.4. The van der Waals surface area contributed by atoms with Gasteiger partial charge in [0.25, 0.3) is 0 Å². The molecule has 0 fully saturated rings. The van der Waals surface area contributed by atoms with Crippen LogP contribution in [0.3, 0.4) is 0 Å². The van der Waals surface area contributed by atoms with Gasteiger partial charge in [-0.1, -0.05) is 36.4 Å². The van der Waals surface area contributed by atoms with E-state index >= 15 is 0 Å². The smallest absolute Gasteiger partial charge is 0.324 e. The molecule has 0 bridgehead atoms. The van der Waals surface area contributed by atoms with Gasteiger partial charge in [0, 0.05) is 6.04 Å². The van der Waals surface area contributed by atoms with Crippen LogP contribution in [0, 0.1) is 5.82 Å². The van der Waals surface area contributed by atoms with Crippen molar-refractivity contribution in [1.82, 2.24) is 0 Å². The molecular formula is C15H13F4N. The summed E-state index contributed by atoms with van der Waals surface area (Å²) in [5.74, 6) is -1.27. The molecule has 1 nitrogen and oxygen atoms in total. The van der Waals surface area contributed by atoms with Crippen LogP contribution in [-0.4, -0.2) is 0 Å². The Hall–Kier alpha value is -1.88. The third-order valence-electron chi connectivity index (χ3n) is 3.02. The summed E-state index contributed by atoms with van der Waals surface area (Å²) in [6.07, 6.45) is -4.40. The van der Waals surface area contributed by atoms with E-state index in [0.29, 0.717) is 5.56 Å². The van der Waals surface area contributed by atoms with Gasteiger partial charge in [-0.25, -0.2) is 4.39 Å². The largest absolute Gasteiger partial charge is 0.419 e. The maximum atomic E-state index is 13.4. The first-order valence-corrected chi connectivity index (χ1v) is 6.04. The number of nitrogens with two attached hydrogens (primary N) is 1. The molecule has 20 heavy (non-hydrogen) atoms. The highest BCUT2D eigenvalue weighted by molar-refractivity contribution is 5.29. The minimum atomic E-state index is -4.68. The highest BCUT2D eigenvalue weighted by Gasteiger charge is 2.33. The van der Waals surface area contributed by atoms with Crippen LogP contribution < -0.4 is 5.73 Å². The first-order valence-electron chi connectivity index (χ1n) is 6.04. The Morgan fingerprint density at radius 2 is 1.65 bits per heavy atom. The third kappa shape index (κ3) is 3.36. The monoisotopic (exact) mass is 283 g/mol. The molecule has 0 aliphatic rings. The molecule has 0 heterocycles. The van der Waals surface area contributed by atoms with E-state index in [1.165, 1.54) is 6.07 Å². The summed E-state index contributed by atoms with van der Waals surface area (Å²) in [5.41, 5.74) is 5.99. The number of hydrogen-bond acceptors (Lipinski definition) is 1. The normalized spacial score (nSPS) is 13.2. The second-order valence-corrected chi connectivity index (χ2v) is 4.53. The Labute approximate surface area is 114 Å². The lowest BCUT2D eigenvalue weighted by Gasteiger charge is -2.13. The third-order valence-corrected chi connectivity index (χ3v) is 3.02. The van der Waals surface area contributed by atoms with Gasteiger partial charge in [-0.05, 0) is 29.7 Å². The zero-order valence-electron chi connectivity index (χ0n) is 10.5. The van der Waals surface area contributed by atoms with Crippen LogP contribution >= 0.6 is 0 Å². The summed E-state index contributed by atoms with van der Waals surface area (Å²) in [6.45, 7) is 0. The molecule has 0 amide bonds. The van der Waals surface area contributed by atoms with Gasteiger partial charge in [0.15, 0.2) is 0 Å². The van der Waals surface area contributed by atoms with E-state index < -0.39 is 17.6 Å². The van der Waals surface area contributed by atoms with E-state index in [0.717, 1.165) is 17.7 Å². The maximum absolute atomic E-state index is 13.4. The lowest BCUT2D eigenvalue weighted by molar-refractivity contribution is -0.140. The summed E-state index contributed by atoms with van der Waals surface area (Å²) in [4.78, 5) is 0. The molecule has 0 spiro atoms. The minimum Gasteiger partial charge on any atom is -0.324 e. The van der Waals surface area contributed by atoms with Crippen LogP contribution in [0.1, 0.15) is 22.7 Å². The molecule has 2 aromatic carbocycles. The van der Waals surface area contributed by atoms with Gasteiger partial charge in [-0.2, -0.15) is 13.2 Å². The van der Waals surface area contributed by atoms with Crippen molar-refractivity contribution in [2.75, 3.05) is 0 Å². The zero-order valence-corrected chi connectivity index (χ0v) is 10.5. The molecular weight excluding hydrogens is 270 g/mol. The molecule has 106 valence electrons. The average molecular weight is 283 g/mol. The van der Waals surface area contributed by atoms with Gasteiger partial charge in [-0.3, -0.25) is 0 Å². The Kier molecular flexibility index (Phi) is 4.09. The van der Waals surface area contributed by atoms with Gasteiger partial charge in [-0.15, -0.1) is 0 Å². The lowest BCUT2D eigenvalue weighted by Crippen LogP contribution is -2.14. The van der Waals surface area contributed by atoms with E-state index in [4.69, 9.17) is 5.73 Å². The minimum absolute atomic E-state index is 0.277. The molecule has 0 aliphatic carbocycles. The van der Waals surface area contributed by atoms with Crippen molar-refractivity contribution in [3.8, 4) is 0 Å². The topological polar surface area (TPSA) is 26.0 Å². The van der Waals surface area contributed by atoms with Crippen LogP contribution in [-0.2, 0) is 12.6 Å². The second-order valence-electron chi connectivity index (χ2n) is 4.53. The van der Waals surface area contributed by atoms with Gasteiger partial charge in [0.05, 0.1) is 5.56 Å². The van der Waals surface area contributed by atoms with E-state index in [2.05, 4.69) is 0 Å². The Morgan fingerprint density at radius 3 is 2.20 bits per heavy atom. The fourth-order valence-corrected chi connectivity index (χ4v) is 1.99. The van der Waals surface area contributed by atoms with Crippen LogP contribution in [0.2, 0.25) is 0 Å². The number of rotatable bonds is 3. The molecule has 0 saturated carbocycles. The molecule has 2 N–H and O–H groups in total. The van der Waals surface area contributed by atoms with Crippen LogP contribution in [0.4, 0.5) is 17.6 Å². The number of alkyl halides is 3. The summed E-state index contributed by atoms with van der Waals surface area (Å²) in [5, 5.41) is 0. The standard InChI is InChI=1S/C15H13F4N/c16-13-8-10(6-7-12(13)15(17,18)19)9-14(20)11-4-2-1-3-5-11/h1-8,14H,9,20H2. The fourth-order valence-electron chi connectivity index (χ4n) is 1.99. The second kappa shape index (κ2) is 5.63. The van der Waals surface area contributed by atoms with Crippen molar-refractivity contribution in [2.24, 2.45) is 5.73 Å². The summed E-state index contributed by atoms with van der Waals surface area (Å²) < 4.78 is 50.8. The summed E-state index contributed by atoms with van der Waals surface area (Å²) in [7, 11) is 0. The molecule has 5 heteroatoms. The average Bonchev–Trinajstić information content (AvgIpc) is 2.38. The molecule has 1 atom stereocenters. The van der Waals surface area contributed by atoms with Crippen molar-refractivity contribution >= 4 is 0 Å². The van der Waals surface area contributed by atoms with Gasteiger partial charge >= 0.3 is 6.18 Å². The van der Waals surface area contributed by atoms with Gasteiger partial charge in [0.1, 0.15) is 5.82 Å². The predicted molar refractivity (Wildman–Crippen MR) is 68.5 cm³/mol. The SMILES string of the molecule is NC(Cc1ccc(C(F)(F)F)c(F)c1)c1ccccc1. The number of benzene rings is 2. The number of halogens is 4. The lowest BCUT2D eigenvalue weighted by atomic mass is 9.99. The van der Waals surface area contributed by atoms with Crippen molar-refractivity contribution in [3.05, 3.63) is 71.0 Å². The van der Waals surface area contributed by atoms with E-state index in [1.54, 1.807) is 0 Å². The van der Waals surface area contributed by atoms with Crippen molar-refractivity contribution in [1.29, 1.82) is 0 Å². The molecule has 0 radical (unpaired) electrons. The quantitative estimate of drug-likeness (QED) is 0.844. The molecule has 0 aliphatic heterocycles. The molecule has 0 aromatic heterocycles. The summed E-state index contributed by atoms with van der Waals surface area (Å²) in [6, 6.07) is 11.7. The Morgan fingerprint density at radius 1 is 1.00 bits per heavy atom. The Balaban J connectivity index is 2.17. The summed E-state index contributed by atoms with van der Waals surface area (Å²) >= 11 is 0. The first-order chi connectivity index (χ1) is 9.38. The van der Waals surface area contributed by atoms with E-state index in [-0.39, 0.29) is 12.5 Å². The molecule has 0 saturated heterocycles. The maximum Gasteiger partial charge on any atom is 0.419 e. The predicted octanol–water partition coefficient (Wildman–Crippen LogP) is 4.09. The first kappa shape index (κ1) is 14.5. The van der Waals surface area contributed by atoms with Crippen LogP contribution in [0.15, 0.2) is 48.5 Å². The fraction of sp³-hybridized carbons (Fsp3) is 0.200. The molecule has 2 aromatic rings.